The lowest BCUT2D eigenvalue weighted by Gasteiger charge is -2.42. The maximum absolute atomic E-state index is 15.3. The van der Waals surface area contributed by atoms with E-state index >= 15 is 4.39 Å². The summed E-state index contributed by atoms with van der Waals surface area (Å²) in [7, 11) is -3.51. The molecule has 4 rings (SSSR count). The van der Waals surface area contributed by atoms with Crippen LogP contribution in [-0.2, 0) is 30.7 Å². The molecule has 1 aliphatic heterocycles. The first-order valence-corrected chi connectivity index (χ1v) is 14.0. The number of nitrogens with one attached hydrogen (secondary N) is 1. The van der Waals surface area contributed by atoms with E-state index < -0.39 is 51.4 Å². The zero-order valence-electron chi connectivity index (χ0n) is 19.0. The third-order valence-electron chi connectivity index (χ3n) is 6.27. The molecule has 0 bridgehead atoms. The molecule has 2 aliphatic rings. The van der Waals surface area contributed by atoms with Gasteiger partial charge >= 0.3 is 6.18 Å². The average molecular weight is 602 g/mol. The summed E-state index contributed by atoms with van der Waals surface area (Å²) < 4.78 is 80.3. The van der Waals surface area contributed by atoms with Crippen LogP contribution in [0.15, 0.2) is 41.6 Å². The molecule has 1 heterocycles. The van der Waals surface area contributed by atoms with Gasteiger partial charge in [-0.05, 0) is 23.3 Å². The lowest BCUT2D eigenvalue weighted by Crippen LogP contribution is -2.52. The lowest BCUT2D eigenvalue weighted by atomic mass is 9.72. The van der Waals surface area contributed by atoms with Crippen molar-refractivity contribution >= 4 is 56.3 Å². The van der Waals surface area contributed by atoms with Crippen LogP contribution in [-0.4, -0.2) is 44.3 Å². The van der Waals surface area contributed by atoms with E-state index in [2.05, 4.69) is 10.5 Å². The summed E-state index contributed by atoms with van der Waals surface area (Å²) >= 11 is 17.8. The Bertz CT molecular complexity index is 1350. The zero-order chi connectivity index (χ0) is 27.4. The molecule has 1 fully saturated rings. The standard InChI is InChI=1S/C23H19Cl3F4N2O4S/c1-37(34,35)11-19(33)31-15-8-21(27,9-15)13-4-2-12(3-5-13)18-10-22(36-32-18,23(28,29)30)14-6-16(24)20(26)17(25)7-14/h2-7,15H,8-11H2,1H3,(H,31,33). The number of hydrogen-bond acceptors (Lipinski definition) is 5. The molecule has 37 heavy (non-hydrogen) atoms. The highest BCUT2D eigenvalue weighted by molar-refractivity contribution is 7.91. The molecule has 1 N–H and O–H groups in total. The van der Waals surface area contributed by atoms with E-state index in [0.29, 0.717) is 5.56 Å². The maximum atomic E-state index is 15.3. The molecule has 2 aromatic rings. The predicted molar refractivity (Wildman–Crippen MR) is 132 cm³/mol. The third kappa shape index (κ3) is 5.55. The van der Waals surface area contributed by atoms with Crippen LogP contribution in [0.25, 0.3) is 0 Å². The lowest BCUT2D eigenvalue weighted by molar-refractivity contribution is -0.275. The summed E-state index contributed by atoms with van der Waals surface area (Å²) in [4.78, 5) is 16.7. The summed E-state index contributed by atoms with van der Waals surface area (Å²) in [6.07, 6.45) is -4.78. The highest BCUT2D eigenvalue weighted by atomic mass is 35.5. The van der Waals surface area contributed by atoms with Gasteiger partial charge in [0.2, 0.25) is 5.91 Å². The molecule has 0 spiro atoms. The van der Waals surface area contributed by atoms with Crippen molar-refractivity contribution in [1.29, 1.82) is 0 Å². The Morgan fingerprint density at radius 1 is 1.11 bits per heavy atom. The molecule has 6 nitrogen and oxygen atoms in total. The van der Waals surface area contributed by atoms with Gasteiger partial charge in [0.15, 0.2) is 9.84 Å². The molecule has 1 unspecified atom stereocenters. The number of hydrogen-bond donors (Lipinski definition) is 1. The molecule has 1 amide bonds. The van der Waals surface area contributed by atoms with E-state index in [1.165, 1.54) is 24.3 Å². The second-order valence-electron chi connectivity index (χ2n) is 9.17. The van der Waals surface area contributed by atoms with Gasteiger partial charge in [-0.25, -0.2) is 12.8 Å². The third-order valence-corrected chi connectivity index (χ3v) is 8.25. The number of sulfone groups is 1. The normalized spacial score (nSPS) is 25.7. The molecule has 1 aliphatic carbocycles. The number of benzene rings is 2. The van der Waals surface area contributed by atoms with Crippen molar-refractivity contribution in [2.45, 2.75) is 42.8 Å². The van der Waals surface area contributed by atoms with E-state index in [-0.39, 0.29) is 44.7 Å². The monoisotopic (exact) mass is 600 g/mol. The number of carbonyl (C=O) groups is 1. The average Bonchev–Trinajstić information content (AvgIpc) is 3.22. The van der Waals surface area contributed by atoms with Crippen LogP contribution in [0.1, 0.15) is 36.0 Å². The molecular formula is C23H19Cl3F4N2O4S. The van der Waals surface area contributed by atoms with Crippen molar-refractivity contribution in [3.8, 4) is 0 Å². The number of oxime groups is 1. The van der Waals surface area contributed by atoms with E-state index in [4.69, 9.17) is 39.6 Å². The Morgan fingerprint density at radius 2 is 1.68 bits per heavy atom. The van der Waals surface area contributed by atoms with Gasteiger partial charge < -0.3 is 10.2 Å². The Morgan fingerprint density at radius 3 is 2.19 bits per heavy atom. The first kappa shape index (κ1) is 27.9. The molecule has 1 saturated carbocycles. The molecule has 0 aromatic heterocycles. The van der Waals surface area contributed by atoms with Crippen molar-refractivity contribution in [1.82, 2.24) is 5.32 Å². The van der Waals surface area contributed by atoms with Crippen LogP contribution in [0, 0.1) is 0 Å². The van der Waals surface area contributed by atoms with E-state index in [0.717, 1.165) is 18.4 Å². The Kier molecular flexibility index (Phi) is 7.24. The summed E-state index contributed by atoms with van der Waals surface area (Å²) in [6, 6.07) is 7.24. The summed E-state index contributed by atoms with van der Waals surface area (Å²) in [6.45, 7) is 0. The van der Waals surface area contributed by atoms with Crippen LogP contribution in [0.5, 0.6) is 0 Å². The second-order valence-corrected chi connectivity index (χ2v) is 12.5. The minimum Gasteiger partial charge on any atom is -0.374 e. The fourth-order valence-electron chi connectivity index (χ4n) is 4.38. The Balaban J connectivity index is 1.48. The van der Waals surface area contributed by atoms with Crippen LogP contribution < -0.4 is 5.32 Å². The first-order valence-electron chi connectivity index (χ1n) is 10.8. The molecule has 14 heteroatoms. The molecule has 0 saturated heterocycles. The largest absolute Gasteiger partial charge is 0.435 e. The highest BCUT2D eigenvalue weighted by Crippen LogP contribution is 2.51. The molecular weight excluding hydrogens is 583 g/mol. The van der Waals surface area contributed by atoms with Crippen LogP contribution in [0.3, 0.4) is 0 Å². The molecule has 200 valence electrons. The van der Waals surface area contributed by atoms with Gasteiger partial charge in [-0.3, -0.25) is 4.79 Å². The fraction of sp³-hybridized carbons (Fsp3) is 0.391. The van der Waals surface area contributed by atoms with Gasteiger partial charge in [0.1, 0.15) is 11.4 Å². The van der Waals surface area contributed by atoms with Gasteiger partial charge in [0, 0.05) is 37.1 Å². The van der Waals surface area contributed by atoms with Crippen molar-refractivity contribution in [2.75, 3.05) is 12.0 Å². The molecule has 0 radical (unpaired) electrons. The minimum atomic E-state index is -4.88. The number of rotatable bonds is 6. The smallest absolute Gasteiger partial charge is 0.374 e. The highest BCUT2D eigenvalue weighted by Gasteiger charge is 2.62. The van der Waals surface area contributed by atoms with Gasteiger partial charge in [0.05, 0.1) is 20.8 Å². The quantitative estimate of drug-likeness (QED) is 0.339. The topological polar surface area (TPSA) is 84.8 Å². The zero-order valence-corrected chi connectivity index (χ0v) is 22.1. The summed E-state index contributed by atoms with van der Waals surface area (Å²) in [5.41, 5.74) is -4.44. The van der Waals surface area contributed by atoms with Gasteiger partial charge in [-0.15, -0.1) is 0 Å². The van der Waals surface area contributed by atoms with E-state index in [9.17, 15) is 26.4 Å². The van der Waals surface area contributed by atoms with Crippen molar-refractivity contribution in [2.24, 2.45) is 5.16 Å². The van der Waals surface area contributed by atoms with E-state index in [1.54, 1.807) is 0 Å². The molecule has 1 atom stereocenters. The van der Waals surface area contributed by atoms with Crippen molar-refractivity contribution in [3.63, 3.8) is 0 Å². The van der Waals surface area contributed by atoms with Gasteiger partial charge in [0.25, 0.3) is 5.60 Å². The number of amides is 1. The number of nitrogens with zero attached hydrogens (tertiary/aromatic N) is 1. The summed E-state index contributed by atoms with van der Waals surface area (Å²) in [5.74, 6) is -1.39. The number of halogens is 7. The predicted octanol–water partition coefficient (Wildman–Crippen LogP) is 5.72. The van der Waals surface area contributed by atoms with Gasteiger partial charge in [-0.1, -0.05) is 64.2 Å². The number of alkyl halides is 4. The maximum Gasteiger partial charge on any atom is 0.435 e. The van der Waals surface area contributed by atoms with Crippen LogP contribution >= 0.6 is 34.8 Å². The van der Waals surface area contributed by atoms with Crippen LogP contribution in [0.2, 0.25) is 15.1 Å². The number of carbonyl (C=O) groups excluding carboxylic acids is 1. The second kappa shape index (κ2) is 9.59. The minimum absolute atomic E-state index is 0.0153. The Hall–Kier alpha value is -2.08. The Labute approximate surface area is 224 Å². The van der Waals surface area contributed by atoms with Crippen molar-refractivity contribution in [3.05, 3.63) is 68.2 Å². The van der Waals surface area contributed by atoms with Crippen LogP contribution in [0.4, 0.5) is 17.6 Å². The first-order chi connectivity index (χ1) is 17.0. The SMILES string of the molecule is CS(=O)(=O)CC(=O)NC1CC(F)(c2ccc(C3=NOC(c4cc(Cl)c(Cl)c(Cl)c4)(C(F)(F)F)C3)cc2)C1. The van der Waals surface area contributed by atoms with E-state index in [1.807, 2.05) is 0 Å². The summed E-state index contributed by atoms with van der Waals surface area (Å²) in [5, 5.41) is 5.71. The van der Waals surface area contributed by atoms with Gasteiger partial charge in [-0.2, -0.15) is 13.2 Å². The fourth-order valence-corrected chi connectivity index (χ4v) is 5.53. The molecule has 2 aromatic carbocycles. The van der Waals surface area contributed by atoms with Crippen molar-refractivity contribution < 1.29 is 35.6 Å².